The molecule has 1 atom stereocenters. The predicted octanol–water partition coefficient (Wildman–Crippen LogP) is 2.07. The number of aliphatic carboxylic acids is 1. The Kier molecular flexibility index (Phi) is 5.82. The average molecular weight is 285 g/mol. The summed E-state index contributed by atoms with van der Waals surface area (Å²) in [6.07, 6.45) is 2.15. The van der Waals surface area contributed by atoms with Crippen LogP contribution in [0.15, 0.2) is 18.2 Å². The number of carbonyl (C=O) groups is 2. The third-order valence-corrected chi connectivity index (χ3v) is 3.23. The van der Waals surface area contributed by atoms with Gasteiger partial charge in [0.25, 0.3) is 5.91 Å². The number of aryl methyl sites for hydroxylation is 1. The SMILES string of the molecule is CSCC[C@H](NC(=O)c1ccc(C)cc1F)C(=O)O. The number of carbonyl (C=O) groups excluding carboxylic acids is 1. The van der Waals surface area contributed by atoms with Crippen molar-refractivity contribution >= 4 is 23.6 Å². The van der Waals surface area contributed by atoms with Crippen LogP contribution in [0.2, 0.25) is 0 Å². The lowest BCUT2D eigenvalue weighted by Gasteiger charge is -2.14. The molecule has 0 saturated heterocycles. The number of carboxylic acids is 1. The van der Waals surface area contributed by atoms with E-state index in [4.69, 9.17) is 5.11 Å². The van der Waals surface area contributed by atoms with E-state index in [1.54, 1.807) is 13.0 Å². The van der Waals surface area contributed by atoms with Crippen molar-refractivity contribution in [1.82, 2.24) is 5.32 Å². The van der Waals surface area contributed by atoms with Gasteiger partial charge in [-0.25, -0.2) is 9.18 Å². The third-order valence-electron chi connectivity index (χ3n) is 2.58. The van der Waals surface area contributed by atoms with Gasteiger partial charge in [-0.05, 0) is 43.0 Å². The average Bonchev–Trinajstić information content (AvgIpc) is 2.33. The Morgan fingerprint density at radius 3 is 2.68 bits per heavy atom. The van der Waals surface area contributed by atoms with Gasteiger partial charge in [0.2, 0.25) is 0 Å². The van der Waals surface area contributed by atoms with E-state index in [9.17, 15) is 14.0 Å². The molecule has 1 aromatic carbocycles. The molecule has 6 heteroatoms. The number of amides is 1. The Morgan fingerprint density at radius 1 is 1.47 bits per heavy atom. The molecule has 0 fully saturated rings. The van der Waals surface area contributed by atoms with Crippen LogP contribution >= 0.6 is 11.8 Å². The highest BCUT2D eigenvalue weighted by Gasteiger charge is 2.21. The summed E-state index contributed by atoms with van der Waals surface area (Å²) in [5.41, 5.74) is 0.562. The van der Waals surface area contributed by atoms with Gasteiger partial charge in [-0.1, -0.05) is 6.07 Å². The molecule has 0 aliphatic carbocycles. The van der Waals surface area contributed by atoms with Crippen LogP contribution in [0.4, 0.5) is 4.39 Å². The minimum absolute atomic E-state index is 0.138. The van der Waals surface area contributed by atoms with E-state index in [0.29, 0.717) is 17.7 Å². The maximum absolute atomic E-state index is 13.6. The van der Waals surface area contributed by atoms with Crippen molar-refractivity contribution < 1.29 is 19.1 Å². The van der Waals surface area contributed by atoms with Crippen LogP contribution in [-0.2, 0) is 4.79 Å². The highest BCUT2D eigenvalue weighted by Crippen LogP contribution is 2.10. The number of hydrogen-bond donors (Lipinski definition) is 2. The van der Waals surface area contributed by atoms with Crippen molar-refractivity contribution in [3.63, 3.8) is 0 Å². The first kappa shape index (κ1) is 15.5. The second-order valence-corrected chi connectivity index (χ2v) is 5.11. The molecular formula is C13H16FNO3S. The molecule has 4 nitrogen and oxygen atoms in total. The molecule has 1 rings (SSSR count). The third kappa shape index (κ3) is 4.55. The van der Waals surface area contributed by atoms with Gasteiger partial charge in [0, 0.05) is 0 Å². The molecule has 104 valence electrons. The minimum Gasteiger partial charge on any atom is -0.480 e. The molecule has 0 spiro atoms. The van der Waals surface area contributed by atoms with Crippen LogP contribution in [-0.4, -0.2) is 35.0 Å². The van der Waals surface area contributed by atoms with Gasteiger partial charge in [0.05, 0.1) is 5.56 Å². The number of thioether (sulfide) groups is 1. The largest absolute Gasteiger partial charge is 0.480 e. The van der Waals surface area contributed by atoms with Crippen LogP contribution in [0, 0.1) is 12.7 Å². The molecule has 0 heterocycles. The lowest BCUT2D eigenvalue weighted by atomic mass is 10.1. The molecule has 0 bridgehead atoms. The summed E-state index contributed by atoms with van der Waals surface area (Å²) < 4.78 is 13.6. The molecule has 0 radical (unpaired) electrons. The predicted molar refractivity (Wildman–Crippen MR) is 73.0 cm³/mol. The highest BCUT2D eigenvalue weighted by atomic mass is 32.2. The number of rotatable bonds is 6. The summed E-state index contributed by atoms with van der Waals surface area (Å²) in [5, 5.41) is 11.3. The van der Waals surface area contributed by atoms with Gasteiger partial charge in [-0.2, -0.15) is 11.8 Å². The normalized spacial score (nSPS) is 11.9. The molecule has 0 aromatic heterocycles. The smallest absolute Gasteiger partial charge is 0.326 e. The first-order chi connectivity index (χ1) is 8.95. The zero-order valence-corrected chi connectivity index (χ0v) is 11.6. The molecule has 0 aliphatic heterocycles. The fourth-order valence-electron chi connectivity index (χ4n) is 1.53. The minimum atomic E-state index is -1.12. The van der Waals surface area contributed by atoms with Crippen molar-refractivity contribution in [1.29, 1.82) is 0 Å². The Balaban J connectivity index is 2.78. The van der Waals surface area contributed by atoms with Crippen LogP contribution in [0.25, 0.3) is 0 Å². The first-order valence-electron chi connectivity index (χ1n) is 5.74. The quantitative estimate of drug-likeness (QED) is 0.839. The molecular weight excluding hydrogens is 269 g/mol. The van der Waals surface area contributed by atoms with Gasteiger partial charge in [-0.3, -0.25) is 4.79 Å². The standard InChI is InChI=1S/C13H16FNO3S/c1-8-3-4-9(10(14)7-8)12(16)15-11(13(17)18)5-6-19-2/h3-4,7,11H,5-6H2,1-2H3,(H,15,16)(H,17,18)/t11-/m0/s1. The molecule has 0 unspecified atom stereocenters. The Morgan fingerprint density at radius 2 is 2.16 bits per heavy atom. The van der Waals surface area contributed by atoms with Crippen molar-refractivity contribution in [2.75, 3.05) is 12.0 Å². The van der Waals surface area contributed by atoms with E-state index in [0.717, 1.165) is 0 Å². The summed E-state index contributed by atoms with van der Waals surface area (Å²) >= 11 is 1.49. The van der Waals surface area contributed by atoms with Gasteiger partial charge in [0.1, 0.15) is 11.9 Å². The van der Waals surface area contributed by atoms with E-state index in [-0.39, 0.29) is 5.56 Å². The Bertz CT molecular complexity index is 479. The Hall–Kier alpha value is -1.56. The molecule has 1 aromatic rings. The first-order valence-corrected chi connectivity index (χ1v) is 7.14. The van der Waals surface area contributed by atoms with E-state index >= 15 is 0 Å². The summed E-state index contributed by atoms with van der Waals surface area (Å²) in [5.74, 6) is -1.86. The zero-order chi connectivity index (χ0) is 14.4. The van der Waals surface area contributed by atoms with Gasteiger partial charge < -0.3 is 10.4 Å². The van der Waals surface area contributed by atoms with Crippen molar-refractivity contribution in [2.24, 2.45) is 0 Å². The lowest BCUT2D eigenvalue weighted by Crippen LogP contribution is -2.41. The van der Waals surface area contributed by atoms with Crippen LogP contribution in [0.1, 0.15) is 22.3 Å². The summed E-state index contributed by atoms with van der Waals surface area (Å²) in [6, 6.07) is 3.20. The summed E-state index contributed by atoms with van der Waals surface area (Å²) in [7, 11) is 0. The number of carboxylic acid groups (broad SMARTS) is 1. The lowest BCUT2D eigenvalue weighted by molar-refractivity contribution is -0.139. The maximum atomic E-state index is 13.6. The van der Waals surface area contributed by atoms with Gasteiger partial charge in [-0.15, -0.1) is 0 Å². The molecule has 1 amide bonds. The fourth-order valence-corrected chi connectivity index (χ4v) is 2.00. The highest BCUT2D eigenvalue weighted by molar-refractivity contribution is 7.98. The monoisotopic (exact) mass is 285 g/mol. The number of benzene rings is 1. The van der Waals surface area contributed by atoms with Crippen LogP contribution < -0.4 is 5.32 Å². The number of halogens is 1. The van der Waals surface area contributed by atoms with Gasteiger partial charge in [0.15, 0.2) is 0 Å². The van der Waals surface area contributed by atoms with Crippen LogP contribution in [0.3, 0.4) is 0 Å². The second-order valence-electron chi connectivity index (χ2n) is 4.13. The van der Waals surface area contributed by atoms with E-state index < -0.39 is 23.7 Å². The molecule has 19 heavy (non-hydrogen) atoms. The Labute approximate surface area is 115 Å². The molecule has 0 saturated carbocycles. The van der Waals surface area contributed by atoms with E-state index in [2.05, 4.69) is 5.32 Å². The van der Waals surface area contributed by atoms with Crippen molar-refractivity contribution in [2.45, 2.75) is 19.4 Å². The summed E-state index contributed by atoms with van der Waals surface area (Å²) in [4.78, 5) is 22.8. The summed E-state index contributed by atoms with van der Waals surface area (Å²) in [6.45, 7) is 1.71. The van der Waals surface area contributed by atoms with Gasteiger partial charge >= 0.3 is 5.97 Å². The van der Waals surface area contributed by atoms with E-state index in [1.807, 2.05) is 6.26 Å². The van der Waals surface area contributed by atoms with Crippen LogP contribution in [0.5, 0.6) is 0 Å². The fraction of sp³-hybridized carbons (Fsp3) is 0.385. The topological polar surface area (TPSA) is 66.4 Å². The van der Waals surface area contributed by atoms with Crippen molar-refractivity contribution in [3.05, 3.63) is 35.1 Å². The number of nitrogens with one attached hydrogen (secondary N) is 1. The second kappa shape index (κ2) is 7.13. The zero-order valence-electron chi connectivity index (χ0n) is 10.8. The maximum Gasteiger partial charge on any atom is 0.326 e. The van der Waals surface area contributed by atoms with E-state index in [1.165, 1.54) is 23.9 Å². The molecule has 2 N–H and O–H groups in total. The van der Waals surface area contributed by atoms with Crippen molar-refractivity contribution in [3.8, 4) is 0 Å². The molecule has 0 aliphatic rings. The number of hydrogen-bond acceptors (Lipinski definition) is 3.